The van der Waals surface area contributed by atoms with Crippen LogP contribution in [0.25, 0.3) is 0 Å². The molecule has 0 spiro atoms. The van der Waals surface area contributed by atoms with Crippen molar-refractivity contribution in [2.24, 2.45) is 5.73 Å². The highest BCUT2D eigenvalue weighted by Gasteiger charge is 2.19. The Bertz CT molecular complexity index is 562. The number of carboxylic acid groups (broad SMARTS) is 1. The first kappa shape index (κ1) is 14.3. The quantitative estimate of drug-likeness (QED) is 0.733. The first-order valence-electron chi connectivity index (χ1n) is 5.03. The van der Waals surface area contributed by atoms with E-state index in [2.05, 4.69) is 0 Å². The van der Waals surface area contributed by atoms with Crippen molar-refractivity contribution < 1.29 is 23.1 Å². The van der Waals surface area contributed by atoms with Gasteiger partial charge < -0.3 is 10.8 Å². The Labute approximate surface area is 104 Å². The third-order valence-corrected chi connectivity index (χ3v) is 3.43. The minimum Gasteiger partial charge on any atom is -0.481 e. The highest BCUT2D eigenvalue weighted by Crippen LogP contribution is 2.12. The van der Waals surface area contributed by atoms with E-state index in [1.807, 2.05) is 0 Å². The lowest BCUT2D eigenvalue weighted by Gasteiger charge is -2.08. The van der Waals surface area contributed by atoms with E-state index < -0.39 is 34.1 Å². The van der Waals surface area contributed by atoms with Gasteiger partial charge in [-0.05, 0) is 12.1 Å². The van der Waals surface area contributed by atoms with E-state index in [0.717, 1.165) is 6.26 Å². The molecule has 1 aromatic rings. The molecule has 1 aromatic carbocycles. The summed E-state index contributed by atoms with van der Waals surface area (Å²) >= 11 is 0. The number of carbonyl (C=O) groups is 2. The van der Waals surface area contributed by atoms with E-state index in [1.165, 1.54) is 24.3 Å². The molecule has 6 nitrogen and oxygen atoms in total. The Morgan fingerprint density at radius 2 is 1.78 bits per heavy atom. The summed E-state index contributed by atoms with van der Waals surface area (Å²) in [6, 6.07) is 4.08. The third-order valence-electron chi connectivity index (χ3n) is 2.30. The smallest absolute Gasteiger partial charge is 0.305 e. The summed E-state index contributed by atoms with van der Waals surface area (Å²) in [4.78, 5) is 22.2. The van der Waals surface area contributed by atoms with Gasteiger partial charge in [0.1, 0.15) is 0 Å². The van der Waals surface area contributed by atoms with Crippen LogP contribution in [0.2, 0.25) is 0 Å². The molecule has 0 aliphatic carbocycles. The summed E-state index contributed by atoms with van der Waals surface area (Å²) in [5.74, 6) is -1.69. The van der Waals surface area contributed by atoms with Crippen molar-refractivity contribution in [1.29, 1.82) is 0 Å². The monoisotopic (exact) mass is 271 g/mol. The molecular formula is C11H13NO5S. The molecule has 1 unspecified atom stereocenters. The standard InChI is InChI=1S/C11H13NO5S/c1-18(16,17)8-4-2-7(3-5-8)11(15)9(12)6-10(13)14/h2-5,9H,6,12H2,1H3,(H,13,14). The zero-order valence-corrected chi connectivity index (χ0v) is 10.5. The van der Waals surface area contributed by atoms with Gasteiger partial charge in [-0.1, -0.05) is 12.1 Å². The van der Waals surface area contributed by atoms with Crippen molar-refractivity contribution in [2.75, 3.05) is 6.26 Å². The highest BCUT2D eigenvalue weighted by molar-refractivity contribution is 7.90. The SMILES string of the molecule is CS(=O)(=O)c1ccc(C(=O)C(N)CC(=O)O)cc1. The zero-order valence-electron chi connectivity index (χ0n) is 9.66. The van der Waals surface area contributed by atoms with Crippen LogP contribution in [0, 0.1) is 0 Å². The van der Waals surface area contributed by atoms with Crippen LogP contribution in [0.15, 0.2) is 29.2 Å². The minimum absolute atomic E-state index is 0.0888. The van der Waals surface area contributed by atoms with Crippen molar-refractivity contribution in [3.05, 3.63) is 29.8 Å². The molecule has 0 amide bonds. The van der Waals surface area contributed by atoms with Gasteiger partial charge in [0.15, 0.2) is 15.6 Å². The average Bonchev–Trinajstić information content (AvgIpc) is 2.26. The second-order valence-electron chi connectivity index (χ2n) is 3.87. The zero-order chi connectivity index (χ0) is 13.9. The Morgan fingerprint density at radius 3 is 2.17 bits per heavy atom. The van der Waals surface area contributed by atoms with E-state index in [0.29, 0.717) is 0 Å². The maximum atomic E-state index is 11.7. The van der Waals surface area contributed by atoms with Crippen LogP contribution < -0.4 is 5.73 Å². The van der Waals surface area contributed by atoms with Crippen LogP contribution in [0.5, 0.6) is 0 Å². The molecule has 1 atom stereocenters. The van der Waals surface area contributed by atoms with Gasteiger partial charge in [0.2, 0.25) is 0 Å². The number of carboxylic acids is 1. The summed E-state index contributed by atoms with van der Waals surface area (Å²) in [6.45, 7) is 0. The van der Waals surface area contributed by atoms with E-state index in [-0.39, 0.29) is 10.5 Å². The molecule has 18 heavy (non-hydrogen) atoms. The lowest BCUT2D eigenvalue weighted by molar-refractivity contribution is -0.137. The summed E-state index contributed by atoms with van der Waals surface area (Å²) in [7, 11) is -3.32. The predicted octanol–water partition coefficient (Wildman–Crippen LogP) is 0.0748. The van der Waals surface area contributed by atoms with Crippen molar-refractivity contribution in [2.45, 2.75) is 17.4 Å². The minimum atomic E-state index is -3.32. The molecule has 0 saturated heterocycles. The van der Waals surface area contributed by atoms with Gasteiger partial charge in [-0.3, -0.25) is 9.59 Å². The highest BCUT2D eigenvalue weighted by atomic mass is 32.2. The molecular weight excluding hydrogens is 258 g/mol. The Hall–Kier alpha value is -1.73. The molecule has 0 saturated carbocycles. The number of carbonyl (C=O) groups excluding carboxylic acids is 1. The topological polar surface area (TPSA) is 115 Å². The number of benzene rings is 1. The van der Waals surface area contributed by atoms with Gasteiger partial charge in [0.25, 0.3) is 0 Å². The van der Waals surface area contributed by atoms with Gasteiger partial charge in [-0.15, -0.1) is 0 Å². The number of nitrogens with two attached hydrogens (primary N) is 1. The fourth-order valence-electron chi connectivity index (χ4n) is 1.36. The molecule has 0 bridgehead atoms. The molecule has 0 heterocycles. The number of rotatable bonds is 5. The third kappa shape index (κ3) is 3.64. The normalized spacial score (nSPS) is 13.0. The van der Waals surface area contributed by atoms with Crippen molar-refractivity contribution in [3.8, 4) is 0 Å². The van der Waals surface area contributed by atoms with Gasteiger partial charge in [0, 0.05) is 11.8 Å². The molecule has 3 N–H and O–H groups in total. The first-order chi connectivity index (χ1) is 8.21. The van der Waals surface area contributed by atoms with Crippen LogP contribution in [-0.4, -0.2) is 37.6 Å². The summed E-state index contributed by atoms with van der Waals surface area (Å²) in [6.07, 6.45) is 0.590. The Morgan fingerprint density at radius 1 is 1.28 bits per heavy atom. The van der Waals surface area contributed by atoms with Crippen LogP contribution >= 0.6 is 0 Å². The fourth-order valence-corrected chi connectivity index (χ4v) is 1.99. The number of ketones is 1. The Balaban J connectivity index is 2.92. The van der Waals surface area contributed by atoms with Crippen molar-refractivity contribution in [1.82, 2.24) is 0 Å². The second-order valence-corrected chi connectivity index (χ2v) is 5.88. The maximum Gasteiger partial charge on any atom is 0.305 e. The van der Waals surface area contributed by atoms with Gasteiger partial charge >= 0.3 is 5.97 Å². The molecule has 0 fully saturated rings. The molecule has 7 heteroatoms. The summed E-state index contributed by atoms with van der Waals surface area (Å²) in [5, 5.41) is 8.52. The lowest BCUT2D eigenvalue weighted by atomic mass is 10.0. The van der Waals surface area contributed by atoms with E-state index in [4.69, 9.17) is 10.8 Å². The van der Waals surface area contributed by atoms with Gasteiger partial charge in [-0.2, -0.15) is 0 Å². The van der Waals surface area contributed by atoms with Gasteiger partial charge in [-0.25, -0.2) is 8.42 Å². The second kappa shape index (κ2) is 5.28. The molecule has 0 aromatic heterocycles. The molecule has 0 aliphatic heterocycles. The van der Waals surface area contributed by atoms with Gasteiger partial charge in [0.05, 0.1) is 17.4 Å². The molecule has 0 aliphatic rings. The predicted molar refractivity (Wildman–Crippen MR) is 64.1 cm³/mol. The van der Waals surface area contributed by atoms with Crippen LogP contribution in [-0.2, 0) is 14.6 Å². The van der Waals surface area contributed by atoms with Crippen molar-refractivity contribution in [3.63, 3.8) is 0 Å². The summed E-state index contributed by atoms with van der Waals surface area (Å²) < 4.78 is 22.4. The first-order valence-corrected chi connectivity index (χ1v) is 6.92. The number of hydrogen-bond acceptors (Lipinski definition) is 5. The summed E-state index contributed by atoms with van der Waals surface area (Å²) in [5.41, 5.74) is 5.62. The molecule has 1 rings (SSSR count). The van der Waals surface area contributed by atoms with Crippen LogP contribution in [0.4, 0.5) is 0 Å². The molecule has 98 valence electrons. The maximum absolute atomic E-state index is 11.7. The Kier molecular flexibility index (Phi) is 4.20. The number of Topliss-reactive ketones (excluding diaryl/α,β-unsaturated/α-hetero) is 1. The number of sulfone groups is 1. The number of aliphatic carboxylic acids is 1. The average molecular weight is 271 g/mol. The van der Waals surface area contributed by atoms with E-state index in [1.54, 1.807) is 0 Å². The van der Waals surface area contributed by atoms with Crippen LogP contribution in [0.1, 0.15) is 16.8 Å². The fraction of sp³-hybridized carbons (Fsp3) is 0.273. The van der Waals surface area contributed by atoms with Crippen molar-refractivity contribution >= 4 is 21.6 Å². The largest absolute Gasteiger partial charge is 0.481 e. The lowest BCUT2D eigenvalue weighted by Crippen LogP contribution is -2.32. The van der Waals surface area contributed by atoms with E-state index in [9.17, 15) is 18.0 Å². The number of hydrogen-bond donors (Lipinski definition) is 2. The molecule has 0 radical (unpaired) electrons. The van der Waals surface area contributed by atoms with Crippen LogP contribution in [0.3, 0.4) is 0 Å². The van der Waals surface area contributed by atoms with E-state index >= 15 is 0 Å².